The van der Waals surface area contributed by atoms with Gasteiger partial charge in [-0.25, -0.2) is 0 Å². The molecule has 1 atom stereocenters. The van der Waals surface area contributed by atoms with Gasteiger partial charge in [-0.2, -0.15) is 0 Å². The zero-order valence-corrected chi connectivity index (χ0v) is 16.5. The van der Waals surface area contributed by atoms with Gasteiger partial charge in [-0.05, 0) is 25.8 Å². The van der Waals surface area contributed by atoms with E-state index in [1.54, 1.807) is 0 Å². The van der Waals surface area contributed by atoms with Crippen LogP contribution in [-0.2, 0) is 0 Å². The smallest absolute Gasteiger partial charge is 0.0110 e. The van der Waals surface area contributed by atoms with Crippen molar-refractivity contribution >= 4 is 0 Å². The Bertz CT molecular complexity index is 246. The van der Waals surface area contributed by atoms with E-state index < -0.39 is 0 Å². The van der Waals surface area contributed by atoms with Crippen LogP contribution in [0, 0.1) is 5.92 Å². The number of piperazine rings is 1. The fraction of sp³-hybridized carbons (Fsp3) is 1.00. The molecule has 0 bridgehead atoms. The van der Waals surface area contributed by atoms with Gasteiger partial charge in [0.1, 0.15) is 0 Å². The second-order valence-corrected chi connectivity index (χ2v) is 7.88. The summed E-state index contributed by atoms with van der Waals surface area (Å²) in [4.78, 5) is 5.21. The van der Waals surface area contributed by atoms with E-state index >= 15 is 0 Å². The molecule has 0 radical (unpaired) electrons. The number of hydrogen-bond donors (Lipinski definition) is 0. The van der Waals surface area contributed by atoms with Crippen LogP contribution in [0.2, 0.25) is 0 Å². The highest BCUT2D eigenvalue weighted by Gasteiger charge is 2.18. The second kappa shape index (κ2) is 14.3. The molecule has 0 saturated carbocycles. The lowest BCUT2D eigenvalue weighted by molar-refractivity contribution is 0.130. The van der Waals surface area contributed by atoms with Gasteiger partial charge in [-0.15, -0.1) is 0 Å². The van der Waals surface area contributed by atoms with E-state index in [4.69, 9.17) is 0 Å². The Morgan fingerprint density at radius 1 is 0.652 bits per heavy atom. The molecule has 2 heteroatoms. The molecule has 0 aromatic carbocycles. The highest BCUT2D eigenvalue weighted by atomic mass is 15.2. The van der Waals surface area contributed by atoms with Crippen molar-refractivity contribution in [3.8, 4) is 0 Å². The highest BCUT2D eigenvalue weighted by molar-refractivity contribution is 4.73. The van der Waals surface area contributed by atoms with Crippen LogP contribution in [0.1, 0.15) is 90.9 Å². The molecule has 1 fully saturated rings. The summed E-state index contributed by atoms with van der Waals surface area (Å²) in [7, 11) is 2.26. The molecule has 1 rings (SSSR count). The third-order valence-corrected chi connectivity index (χ3v) is 5.54. The van der Waals surface area contributed by atoms with E-state index in [0.29, 0.717) is 0 Å². The van der Waals surface area contributed by atoms with Crippen molar-refractivity contribution in [1.29, 1.82) is 0 Å². The Hall–Kier alpha value is -0.0800. The maximum atomic E-state index is 2.74. The van der Waals surface area contributed by atoms with Crippen molar-refractivity contribution in [2.45, 2.75) is 90.9 Å². The molecule has 0 amide bonds. The molecule has 1 unspecified atom stereocenters. The maximum Gasteiger partial charge on any atom is 0.0110 e. The van der Waals surface area contributed by atoms with Crippen molar-refractivity contribution in [3.63, 3.8) is 0 Å². The minimum atomic E-state index is 0.960. The molecule has 1 aliphatic heterocycles. The molecule has 0 spiro atoms. The van der Waals surface area contributed by atoms with E-state index in [1.165, 1.54) is 110 Å². The molecule has 1 saturated heterocycles. The Balaban J connectivity index is 2.21. The van der Waals surface area contributed by atoms with Gasteiger partial charge in [0.15, 0.2) is 0 Å². The van der Waals surface area contributed by atoms with E-state index in [9.17, 15) is 0 Å². The van der Waals surface area contributed by atoms with Gasteiger partial charge in [-0.3, -0.25) is 0 Å². The van der Waals surface area contributed by atoms with E-state index in [-0.39, 0.29) is 0 Å². The summed E-state index contributed by atoms with van der Waals surface area (Å²) in [6.45, 7) is 11.1. The predicted octanol–water partition coefficient (Wildman–Crippen LogP) is 5.57. The molecule has 1 aliphatic rings. The second-order valence-electron chi connectivity index (χ2n) is 7.88. The minimum Gasteiger partial charge on any atom is -0.304 e. The van der Waals surface area contributed by atoms with Crippen molar-refractivity contribution in [2.24, 2.45) is 5.92 Å². The molecular formula is C21H44N2. The predicted molar refractivity (Wildman–Crippen MR) is 104 cm³/mol. The lowest BCUT2D eigenvalue weighted by atomic mass is 9.93. The molecule has 138 valence electrons. The van der Waals surface area contributed by atoms with Gasteiger partial charge in [-0.1, -0.05) is 78.1 Å². The van der Waals surface area contributed by atoms with Gasteiger partial charge in [0, 0.05) is 32.7 Å². The van der Waals surface area contributed by atoms with Crippen molar-refractivity contribution in [1.82, 2.24) is 9.80 Å². The van der Waals surface area contributed by atoms with Crippen molar-refractivity contribution in [3.05, 3.63) is 0 Å². The molecule has 23 heavy (non-hydrogen) atoms. The van der Waals surface area contributed by atoms with Gasteiger partial charge in [0.2, 0.25) is 0 Å². The topological polar surface area (TPSA) is 6.48 Å². The zero-order valence-electron chi connectivity index (χ0n) is 16.5. The number of likely N-dealkylation sites (N-methyl/N-ethyl adjacent to an activating group) is 1. The monoisotopic (exact) mass is 324 g/mol. The summed E-state index contributed by atoms with van der Waals surface area (Å²) in [5.41, 5.74) is 0. The molecular weight excluding hydrogens is 280 g/mol. The molecule has 0 N–H and O–H groups in total. The third kappa shape index (κ3) is 11.2. The largest absolute Gasteiger partial charge is 0.304 e. The van der Waals surface area contributed by atoms with Crippen LogP contribution in [0.15, 0.2) is 0 Å². The van der Waals surface area contributed by atoms with Crippen LogP contribution in [0.3, 0.4) is 0 Å². The lowest BCUT2D eigenvalue weighted by Gasteiger charge is -2.34. The summed E-state index contributed by atoms with van der Waals surface area (Å²) in [5, 5.41) is 0. The molecule has 0 aliphatic carbocycles. The first-order valence-electron chi connectivity index (χ1n) is 10.7. The Kier molecular flexibility index (Phi) is 13.0. The van der Waals surface area contributed by atoms with Gasteiger partial charge in [0.25, 0.3) is 0 Å². The van der Waals surface area contributed by atoms with Crippen molar-refractivity contribution < 1.29 is 0 Å². The Morgan fingerprint density at radius 2 is 1.13 bits per heavy atom. The summed E-state index contributed by atoms with van der Waals surface area (Å²) < 4.78 is 0. The van der Waals surface area contributed by atoms with Crippen molar-refractivity contribution in [2.75, 3.05) is 39.8 Å². The minimum absolute atomic E-state index is 0.960. The Morgan fingerprint density at radius 3 is 1.70 bits per heavy atom. The summed E-state index contributed by atoms with van der Waals surface area (Å²) in [6.07, 6.45) is 17.3. The first-order chi connectivity index (χ1) is 11.3. The molecule has 1 heterocycles. The van der Waals surface area contributed by atoms with Crippen LogP contribution in [-0.4, -0.2) is 49.6 Å². The third-order valence-electron chi connectivity index (χ3n) is 5.54. The van der Waals surface area contributed by atoms with Crippen LogP contribution in [0.5, 0.6) is 0 Å². The van der Waals surface area contributed by atoms with Gasteiger partial charge < -0.3 is 9.80 Å². The van der Waals surface area contributed by atoms with Gasteiger partial charge >= 0.3 is 0 Å². The zero-order chi connectivity index (χ0) is 16.8. The number of rotatable bonds is 14. The molecule has 0 aromatic rings. The lowest BCUT2D eigenvalue weighted by Crippen LogP contribution is -2.46. The number of unbranched alkanes of at least 4 members (excludes halogenated alkanes) is 8. The van der Waals surface area contributed by atoms with E-state index in [2.05, 4.69) is 30.7 Å². The summed E-state index contributed by atoms with van der Waals surface area (Å²) in [6, 6.07) is 0. The van der Waals surface area contributed by atoms with Crippen LogP contribution in [0.4, 0.5) is 0 Å². The van der Waals surface area contributed by atoms with Crippen LogP contribution < -0.4 is 0 Å². The number of hydrogen-bond acceptors (Lipinski definition) is 2. The normalized spacial score (nSPS) is 18.4. The summed E-state index contributed by atoms with van der Waals surface area (Å²) in [5.74, 6) is 0.960. The highest BCUT2D eigenvalue weighted by Crippen LogP contribution is 2.20. The Labute approximate surface area is 147 Å². The first kappa shape index (κ1) is 21.0. The first-order valence-corrected chi connectivity index (χ1v) is 10.7. The van der Waals surface area contributed by atoms with E-state index in [0.717, 1.165) is 5.92 Å². The fourth-order valence-electron chi connectivity index (χ4n) is 3.80. The summed E-state index contributed by atoms with van der Waals surface area (Å²) >= 11 is 0. The molecule has 0 aromatic heterocycles. The quantitative estimate of drug-likeness (QED) is 0.385. The SMILES string of the molecule is CCCCCCCCC(CCCCCC)CN1CCN(C)CC1. The number of nitrogens with zero attached hydrogens (tertiary/aromatic N) is 2. The van der Waals surface area contributed by atoms with E-state index in [1.807, 2.05) is 0 Å². The van der Waals surface area contributed by atoms with Crippen LogP contribution >= 0.6 is 0 Å². The maximum absolute atomic E-state index is 2.74. The average molecular weight is 325 g/mol. The van der Waals surface area contributed by atoms with Gasteiger partial charge in [0.05, 0.1) is 0 Å². The average Bonchev–Trinajstić information content (AvgIpc) is 2.56. The standard InChI is InChI=1S/C21H44N2/c1-4-6-8-10-11-13-15-21(14-12-9-7-5-2)20-23-18-16-22(3)17-19-23/h21H,4-20H2,1-3H3. The van der Waals surface area contributed by atoms with Crippen LogP contribution in [0.25, 0.3) is 0 Å². The fourth-order valence-corrected chi connectivity index (χ4v) is 3.80. The molecule has 2 nitrogen and oxygen atoms in total.